The molecule has 16 heavy (non-hydrogen) atoms. The maximum atomic E-state index is 11.2. The van der Waals surface area contributed by atoms with Gasteiger partial charge in [0.25, 0.3) is 5.97 Å². The number of hydrogen-bond acceptors (Lipinski definition) is 5. The molecular weight excluding hydrogens is 283 g/mol. The predicted molar refractivity (Wildman–Crippen MR) is 55.0 cm³/mol. The third kappa shape index (κ3) is 4.25. The van der Waals surface area contributed by atoms with Crippen molar-refractivity contribution in [2.45, 2.75) is 13.5 Å². The van der Waals surface area contributed by atoms with Crippen LogP contribution in [0.5, 0.6) is 0 Å². The number of pyridine rings is 1. The Hall–Kier alpha value is -0.356. The topological polar surface area (TPSA) is 77.2 Å². The Labute approximate surface area is 120 Å². The molecule has 1 aromatic heterocycles. The van der Waals surface area contributed by atoms with E-state index in [-0.39, 0.29) is 32.7 Å². The summed E-state index contributed by atoms with van der Waals surface area (Å²) in [6, 6.07) is 3.00. The standard InChI is InChI=1S/C10H14N3O2.Y/c1-7-3-8(4-12-6-11)13-5-9(7)10(14)15-2;/h5,12H,4,6,11H2,1-2H3;/q-1;. The minimum Gasteiger partial charge on any atom is -0.479 e. The van der Waals surface area contributed by atoms with Crippen molar-refractivity contribution in [1.29, 1.82) is 0 Å². The molecule has 0 amide bonds. The molecule has 1 radical (unpaired) electrons. The van der Waals surface area contributed by atoms with Gasteiger partial charge in [0.1, 0.15) is 0 Å². The summed E-state index contributed by atoms with van der Waals surface area (Å²) < 4.78 is 4.60. The third-order valence-corrected chi connectivity index (χ3v) is 1.93. The second-order valence-corrected chi connectivity index (χ2v) is 2.99. The van der Waals surface area contributed by atoms with Crippen LogP contribution in [0.4, 0.5) is 0 Å². The van der Waals surface area contributed by atoms with Gasteiger partial charge in [0.2, 0.25) is 0 Å². The first kappa shape index (κ1) is 15.6. The van der Waals surface area contributed by atoms with Crippen LogP contribution in [0.2, 0.25) is 0 Å². The fraction of sp³-hybridized carbons (Fsp3) is 0.400. The number of carbonyl (C=O) groups is 1. The first-order chi connectivity index (χ1) is 7.19. The van der Waals surface area contributed by atoms with Crippen molar-refractivity contribution >= 4 is 5.97 Å². The average Bonchev–Trinajstić information content (AvgIpc) is 2.25. The van der Waals surface area contributed by atoms with Gasteiger partial charge in [-0.3, -0.25) is 9.78 Å². The van der Waals surface area contributed by atoms with Gasteiger partial charge in [0.15, 0.2) is 0 Å². The summed E-state index contributed by atoms with van der Waals surface area (Å²) in [6.07, 6.45) is 1.49. The van der Waals surface area contributed by atoms with Crippen LogP contribution >= 0.6 is 0 Å². The Morgan fingerprint density at radius 1 is 1.69 bits per heavy atom. The van der Waals surface area contributed by atoms with E-state index in [4.69, 9.17) is 5.73 Å². The first-order valence-electron chi connectivity index (χ1n) is 4.56. The van der Waals surface area contributed by atoms with Crippen molar-refractivity contribution in [2.75, 3.05) is 13.8 Å². The second kappa shape index (κ2) is 7.84. The van der Waals surface area contributed by atoms with Crippen LogP contribution in [-0.2, 0) is 44.0 Å². The van der Waals surface area contributed by atoms with Gasteiger partial charge in [-0.05, 0) is 11.9 Å². The minimum absolute atomic E-state index is 0. The first-order valence-corrected chi connectivity index (χ1v) is 4.56. The number of carbonyl (C=O) groups excluding carboxylic acids is 1. The van der Waals surface area contributed by atoms with E-state index in [1.807, 2.05) is 0 Å². The van der Waals surface area contributed by atoms with Crippen LogP contribution < -0.4 is 11.1 Å². The number of aromatic nitrogens is 1. The molecular formula is C10H14N3O2Y-. The zero-order chi connectivity index (χ0) is 11.3. The molecule has 85 valence electrons. The van der Waals surface area contributed by atoms with Gasteiger partial charge in [0.05, 0.1) is 7.11 Å². The molecule has 0 spiro atoms. The SMILES string of the molecule is COC(=O)c1cnc(CNCN)[c-]c1C.[Y]. The van der Waals surface area contributed by atoms with Gasteiger partial charge >= 0.3 is 0 Å². The van der Waals surface area contributed by atoms with Gasteiger partial charge < -0.3 is 15.8 Å². The van der Waals surface area contributed by atoms with Crippen molar-refractivity contribution in [2.24, 2.45) is 5.73 Å². The molecule has 0 saturated carbocycles. The van der Waals surface area contributed by atoms with Crippen LogP contribution in [0, 0.1) is 13.0 Å². The number of ether oxygens (including phenoxy) is 1. The Morgan fingerprint density at radius 2 is 2.38 bits per heavy atom. The molecule has 1 rings (SSSR count). The average molecular weight is 297 g/mol. The summed E-state index contributed by atoms with van der Waals surface area (Å²) in [5, 5.41) is 2.92. The van der Waals surface area contributed by atoms with Gasteiger partial charge in [-0.15, -0.1) is 0 Å². The largest absolute Gasteiger partial charge is 0.479 e. The van der Waals surface area contributed by atoms with E-state index in [9.17, 15) is 4.79 Å². The molecule has 5 nitrogen and oxygen atoms in total. The molecule has 0 aliphatic carbocycles. The second-order valence-electron chi connectivity index (χ2n) is 2.99. The monoisotopic (exact) mass is 297 g/mol. The Kier molecular flexibility index (Phi) is 7.67. The zero-order valence-corrected chi connectivity index (χ0v) is 12.2. The van der Waals surface area contributed by atoms with E-state index >= 15 is 0 Å². The summed E-state index contributed by atoms with van der Waals surface area (Å²) in [7, 11) is 1.34. The number of rotatable bonds is 4. The smallest absolute Gasteiger partial charge is 0.255 e. The molecule has 3 N–H and O–H groups in total. The van der Waals surface area contributed by atoms with Crippen molar-refractivity contribution in [3.8, 4) is 0 Å². The zero-order valence-electron chi connectivity index (χ0n) is 9.41. The number of aryl methyl sites for hydroxylation is 1. The third-order valence-electron chi connectivity index (χ3n) is 1.93. The number of hydrogen-bond donors (Lipinski definition) is 2. The van der Waals surface area contributed by atoms with E-state index in [1.165, 1.54) is 13.3 Å². The number of nitrogens with one attached hydrogen (secondary N) is 1. The summed E-state index contributed by atoms with van der Waals surface area (Å²) in [4.78, 5) is 15.3. The molecule has 1 aromatic rings. The van der Waals surface area contributed by atoms with E-state index in [0.29, 0.717) is 18.8 Å². The Balaban J connectivity index is 0.00000225. The number of esters is 1. The molecule has 6 heteroatoms. The van der Waals surface area contributed by atoms with E-state index in [0.717, 1.165) is 11.3 Å². The summed E-state index contributed by atoms with van der Waals surface area (Å²) in [5.74, 6) is -0.394. The van der Waals surface area contributed by atoms with Gasteiger partial charge in [-0.1, -0.05) is 12.5 Å². The van der Waals surface area contributed by atoms with Gasteiger partial charge in [-0.25, -0.2) is 11.6 Å². The molecule has 0 fully saturated rings. The Morgan fingerprint density at radius 3 is 2.88 bits per heavy atom. The summed E-state index contributed by atoms with van der Waals surface area (Å²) >= 11 is 0. The Bertz CT molecular complexity index is 358. The van der Waals surface area contributed by atoms with E-state index in [1.54, 1.807) is 6.92 Å². The van der Waals surface area contributed by atoms with Crippen LogP contribution in [0.25, 0.3) is 0 Å². The number of methoxy groups -OCH3 is 1. The normalized spacial score (nSPS) is 9.44. The van der Waals surface area contributed by atoms with Gasteiger partial charge in [0, 0.05) is 45.9 Å². The maximum absolute atomic E-state index is 11.2. The van der Waals surface area contributed by atoms with Gasteiger partial charge in [-0.2, -0.15) is 0 Å². The van der Waals surface area contributed by atoms with Crippen LogP contribution in [0.3, 0.4) is 0 Å². The van der Waals surface area contributed by atoms with Crippen LogP contribution in [0.15, 0.2) is 6.20 Å². The fourth-order valence-electron chi connectivity index (χ4n) is 1.15. The molecule has 0 saturated heterocycles. The molecule has 0 bridgehead atoms. The summed E-state index contributed by atoms with van der Waals surface area (Å²) in [5.41, 5.74) is 7.18. The quantitative estimate of drug-likeness (QED) is 0.464. The molecule has 0 aliphatic rings. The molecule has 1 heterocycles. The van der Waals surface area contributed by atoms with E-state index in [2.05, 4.69) is 21.1 Å². The number of nitrogens with two attached hydrogens (primary N) is 1. The van der Waals surface area contributed by atoms with Crippen LogP contribution in [-0.4, -0.2) is 24.7 Å². The number of nitrogens with zero attached hydrogens (tertiary/aromatic N) is 1. The van der Waals surface area contributed by atoms with Crippen molar-refractivity contribution in [3.05, 3.63) is 29.1 Å². The molecule has 0 aliphatic heterocycles. The predicted octanol–water partition coefficient (Wildman–Crippen LogP) is -0.0199. The van der Waals surface area contributed by atoms with Crippen LogP contribution in [0.1, 0.15) is 21.6 Å². The van der Waals surface area contributed by atoms with E-state index < -0.39 is 5.97 Å². The molecule has 0 unspecified atom stereocenters. The van der Waals surface area contributed by atoms with Crippen molar-refractivity contribution < 1.29 is 42.2 Å². The fourth-order valence-corrected chi connectivity index (χ4v) is 1.15. The summed E-state index contributed by atoms with van der Waals surface area (Å²) in [6.45, 7) is 2.71. The molecule has 0 atom stereocenters. The minimum atomic E-state index is -0.394. The van der Waals surface area contributed by atoms with Crippen molar-refractivity contribution in [1.82, 2.24) is 10.3 Å². The molecule has 0 aromatic carbocycles. The maximum Gasteiger partial charge on any atom is 0.255 e. The van der Waals surface area contributed by atoms with Crippen molar-refractivity contribution in [3.63, 3.8) is 0 Å².